The first-order chi connectivity index (χ1) is 17.4. The molecule has 1 unspecified atom stereocenters. The second-order valence-electron chi connectivity index (χ2n) is 8.70. The average molecular weight is 483 g/mol. The van der Waals surface area contributed by atoms with Gasteiger partial charge in [0.2, 0.25) is 5.91 Å². The molecule has 0 saturated carbocycles. The van der Waals surface area contributed by atoms with Gasteiger partial charge in [0.25, 0.3) is 0 Å². The molecule has 0 aliphatic heterocycles. The van der Waals surface area contributed by atoms with E-state index in [4.69, 9.17) is 5.26 Å². The molecule has 1 amide bonds. The molecule has 36 heavy (non-hydrogen) atoms. The van der Waals surface area contributed by atoms with E-state index in [0.717, 1.165) is 22.3 Å². The van der Waals surface area contributed by atoms with Crippen molar-refractivity contribution in [2.45, 2.75) is 18.8 Å². The van der Waals surface area contributed by atoms with Crippen molar-refractivity contribution in [3.05, 3.63) is 102 Å². The highest BCUT2D eigenvalue weighted by Crippen LogP contribution is 2.22. The summed E-state index contributed by atoms with van der Waals surface area (Å²) in [5.74, 6) is -0.683. The number of hydrogen-bond donors (Lipinski definition) is 2. The van der Waals surface area contributed by atoms with Crippen molar-refractivity contribution in [1.82, 2.24) is 20.1 Å². The van der Waals surface area contributed by atoms with Gasteiger partial charge in [-0.15, -0.1) is 0 Å². The van der Waals surface area contributed by atoms with Crippen molar-refractivity contribution in [1.29, 1.82) is 5.26 Å². The number of pyridine rings is 1. The van der Waals surface area contributed by atoms with Crippen LogP contribution in [0.25, 0.3) is 11.1 Å². The van der Waals surface area contributed by atoms with Crippen molar-refractivity contribution in [2.75, 3.05) is 18.4 Å². The molecular weight excluding hydrogens is 455 g/mol. The Labute approximate surface area is 209 Å². The summed E-state index contributed by atoms with van der Waals surface area (Å²) in [6.07, 6.45) is 5.38. The van der Waals surface area contributed by atoms with Gasteiger partial charge in [-0.05, 0) is 41.3 Å². The fraction of sp³-hybridized carbons (Fsp3) is 0.214. The van der Waals surface area contributed by atoms with Crippen LogP contribution >= 0.6 is 0 Å². The number of carbonyl (C=O) groups excluding carboxylic acids is 1. The summed E-state index contributed by atoms with van der Waals surface area (Å²) in [6.45, 7) is 2.91. The fourth-order valence-corrected chi connectivity index (χ4v) is 3.96. The maximum atomic E-state index is 14.0. The third-order valence-electron chi connectivity index (χ3n) is 6.05. The van der Waals surface area contributed by atoms with Gasteiger partial charge < -0.3 is 10.6 Å². The molecule has 0 radical (unpaired) electrons. The molecule has 0 fully saturated rings. The van der Waals surface area contributed by atoms with Gasteiger partial charge >= 0.3 is 0 Å². The second kappa shape index (κ2) is 11.4. The number of anilines is 1. The molecule has 2 aromatic heterocycles. The van der Waals surface area contributed by atoms with Crippen molar-refractivity contribution >= 4 is 11.7 Å². The van der Waals surface area contributed by atoms with E-state index in [1.807, 2.05) is 62.6 Å². The number of halogens is 1. The first-order valence-corrected chi connectivity index (χ1v) is 11.7. The van der Waals surface area contributed by atoms with Gasteiger partial charge in [-0.1, -0.05) is 43.3 Å². The molecule has 0 spiro atoms. The minimum Gasteiger partial charge on any atom is -0.315 e. The number of carbonyl (C=O) groups is 1. The van der Waals surface area contributed by atoms with Gasteiger partial charge in [-0.2, -0.15) is 10.4 Å². The molecule has 0 aliphatic rings. The summed E-state index contributed by atoms with van der Waals surface area (Å²) < 4.78 is 15.7. The summed E-state index contributed by atoms with van der Waals surface area (Å²) in [6, 6.07) is 19.7. The van der Waals surface area contributed by atoms with Crippen molar-refractivity contribution < 1.29 is 9.18 Å². The molecule has 8 heteroatoms. The molecule has 0 saturated heterocycles. The van der Waals surface area contributed by atoms with Crippen LogP contribution in [0.3, 0.4) is 0 Å². The third kappa shape index (κ3) is 6.01. The van der Waals surface area contributed by atoms with Crippen molar-refractivity contribution in [3.8, 4) is 17.2 Å². The van der Waals surface area contributed by atoms with Crippen LogP contribution in [0.5, 0.6) is 0 Å². The van der Waals surface area contributed by atoms with Crippen LogP contribution in [0.15, 0.2) is 79.3 Å². The predicted octanol–water partition coefficient (Wildman–Crippen LogP) is 4.61. The summed E-state index contributed by atoms with van der Waals surface area (Å²) in [4.78, 5) is 17.7. The highest BCUT2D eigenvalue weighted by atomic mass is 19.1. The van der Waals surface area contributed by atoms with E-state index in [-0.39, 0.29) is 17.4 Å². The lowest BCUT2D eigenvalue weighted by Gasteiger charge is -2.20. The van der Waals surface area contributed by atoms with Gasteiger partial charge in [-0.25, -0.2) is 9.37 Å². The topological polar surface area (TPSA) is 95.6 Å². The molecule has 2 atom stereocenters. The van der Waals surface area contributed by atoms with Crippen LogP contribution in [0.2, 0.25) is 0 Å². The number of nitrogens with one attached hydrogen (secondary N) is 2. The van der Waals surface area contributed by atoms with E-state index < -0.39 is 11.7 Å². The Balaban J connectivity index is 1.41. The fourth-order valence-electron chi connectivity index (χ4n) is 3.96. The number of amides is 1. The zero-order chi connectivity index (χ0) is 25.5. The predicted molar refractivity (Wildman–Crippen MR) is 137 cm³/mol. The van der Waals surface area contributed by atoms with E-state index in [2.05, 4.69) is 20.7 Å². The summed E-state index contributed by atoms with van der Waals surface area (Å²) in [5, 5.41) is 19.4. The number of nitriles is 1. The van der Waals surface area contributed by atoms with Gasteiger partial charge in [0, 0.05) is 43.7 Å². The molecule has 2 aromatic carbocycles. The summed E-state index contributed by atoms with van der Waals surface area (Å²) in [5.41, 5.74) is 3.56. The average Bonchev–Trinajstić information content (AvgIpc) is 3.33. The Morgan fingerprint density at radius 3 is 2.50 bits per heavy atom. The zero-order valence-corrected chi connectivity index (χ0v) is 20.1. The lowest BCUT2D eigenvalue weighted by Crippen LogP contribution is -2.32. The van der Waals surface area contributed by atoms with Gasteiger partial charge in [-0.3, -0.25) is 9.48 Å². The third-order valence-corrected chi connectivity index (χ3v) is 6.05. The largest absolute Gasteiger partial charge is 0.315 e. The Morgan fingerprint density at radius 2 is 1.86 bits per heavy atom. The van der Waals surface area contributed by atoms with E-state index in [0.29, 0.717) is 18.9 Å². The summed E-state index contributed by atoms with van der Waals surface area (Å²) in [7, 11) is 1.85. The normalized spacial score (nSPS) is 12.5. The Hall–Kier alpha value is -4.35. The van der Waals surface area contributed by atoms with E-state index in [9.17, 15) is 9.18 Å². The van der Waals surface area contributed by atoms with Gasteiger partial charge in [0.05, 0.1) is 17.7 Å². The summed E-state index contributed by atoms with van der Waals surface area (Å²) >= 11 is 0. The van der Waals surface area contributed by atoms with Crippen molar-refractivity contribution in [3.63, 3.8) is 0 Å². The number of rotatable bonds is 9. The molecule has 182 valence electrons. The highest BCUT2D eigenvalue weighted by Gasteiger charge is 2.21. The first kappa shape index (κ1) is 24.8. The molecule has 0 bridgehead atoms. The molecule has 4 rings (SSSR count). The van der Waals surface area contributed by atoms with Crippen LogP contribution < -0.4 is 10.6 Å². The maximum absolute atomic E-state index is 14.0. The lowest BCUT2D eigenvalue weighted by molar-refractivity contribution is -0.117. The van der Waals surface area contributed by atoms with E-state index in [1.54, 1.807) is 29.2 Å². The van der Waals surface area contributed by atoms with Crippen LogP contribution in [0.4, 0.5) is 10.2 Å². The molecule has 7 nitrogen and oxygen atoms in total. The molecule has 0 aliphatic carbocycles. The minimum absolute atomic E-state index is 0.00610. The number of aryl methyl sites for hydroxylation is 1. The SMILES string of the molecule is C[C@@H](CNCC(C(=O)Nc1ccc(-c2cnn(C)c2)cn1)c1ccccc1)c1ccc(C#N)c(F)c1. The molecular formula is C28H27FN6O. The van der Waals surface area contributed by atoms with Gasteiger partial charge in [0.1, 0.15) is 17.7 Å². The Morgan fingerprint density at radius 1 is 1.06 bits per heavy atom. The highest BCUT2D eigenvalue weighted by molar-refractivity contribution is 5.95. The van der Waals surface area contributed by atoms with Gasteiger partial charge in [0.15, 0.2) is 0 Å². The standard InChI is InChI=1S/C28H27FN6O/c1-19(21-8-9-22(13-30)26(29)12-21)14-31-17-25(20-6-4-3-5-7-20)28(36)34-27-11-10-23(15-32-27)24-16-33-35(2)18-24/h3-12,15-16,18-19,25,31H,14,17H2,1-2H3,(H,32,34,36)/t19-,25?/m0/s1. The van der Waals surface area contributed by atoms with E-state index in [1.165, 1.54) is 12.1 Å². The van der Waals surface area contributed by atoms with Crippen LogP contribution in [-0.4, -0.2) is 33.8 Å². The van der Waals surface area contributed by atoms with E-state index >= 15 is 0 Å². The number of benzene rings is 2. The quantitative estimate of drug-likeness (QED) is 0.363. The molecule has 2 N–H and O–H groups in total. The lowest BCUT2D eigenvalue weighted by atomic mass is 9.96. The first-order valence-electron chi connectivity index (χ1n) is 11.7. The molecule has 2 heterocycles. The van der Waals surface area contributed by atoms with Crippen molar-refractivity contribution in [2.24, 2.45) is 7.05 Å². The smallest absolute Gasteiger partial charge is 0.234 e. The zero-order valence-electron chi connectivity index (χ0n) is 20.1. The second-order valence-corrected chi connectivity index (χ2v) is 8.70. The molecule has 4 aromatic rings. The number of aromatic nitrogens is 3. The van der Waals surface area contributed by atoms with Crippen LogP contribution in [0.1, 0.15) is 35.4 Å². The Kier molecular flexibility index (Phi) is 7.83. The maximum Gasteiger partial charge on any atom is 0.234 e. The number of nitrogens with zero attached hydrogens (tertiary/aromatic N) is 4. The monoisotopic (exact) mass is 482 g/mol. The minimum atomic E-state index is -0.523. The Bertz CT molecular complexity index is 1360. The van der Waals surface area contributed by atoms with Crippen LogP contribution in [0, 0.1) is 17.1 Å². The van der Waals surface area contributed by atoms with Crippen LogP contribution in [-0.2, 0) is 11.8 Å². The number of hydrogen-bond acceptors (Lipinski definition) is 5.